The van der Waals surface area contributed by atoms with Crippen molar-refractivity contribution in [1.82, 2.24) is 20.5 Å². The molecule has 1 aromatic carbocycles. The molecule has 4 unspecified atom stereocenters. The highest BCUT2D eigenvalue weighted by Gasteiger charge is 2.39. The van der Waals surface area contributed by atoms with Gasteiger partial charge in [-0.25, -0.2) is 4.79 Å². The van der Waals surface area contributed by atoms with Crippen molar-refractivity contribution in [3.63, 3.8) is 0 Å². The molecule has 0 spiro atoms. The first-order valence-corrected chi connectivity index (χ1v) is 12.7. The van der Waals surface area contributed by atoms with Crippen molar-refractivity contribution < 1.29 is 29.1 Å². The first-order chi connectivity index (χ1) is 18.0. The molecule has 0 saturated carbocycles. The van der Waals surface area contributed by atoms with Crippen LogP contribution in [0.25, 0.3) is 10.9 Å². The predicted molar refractivity (Wildman–Crippen MR) is 139 cm³/mol. The molecule has 0 bridgehead atoms. The molecule has 2 heterocycles. The predicted octanol–water partition coefficient (Wildman–Crippen LogP) is 0.00440. The zero-order valence-electron chi connectivity index (χ0n) is 21.6. The van der Waals surface area contributed by atoms with Crippen LogP contribution in [0.5, 0.6) is 0 Å². The average molecular weight is 529 g/mol. The zero-order chi connectivity index (χ0) is 28.0. The molecule has 0 radical (unpaired) electrons. The molecule has 4 atom stereocenters. The Kier molecular flexibility index (Phi) is 9.45. The third-order valence-corrected chi connectivity index (χ3v) is 6.63. The van der Waals surface area contributed by atoms with Gasteiger partial charge in [0.2, 0.25) is 23.6 Å². The second-order valence-electron chi connectivity index (χ2n) is 10.1. The van der Waals surface area contributed by atoms with E-state index in [9.17, 15) is 29.1 Å². The summed E-state index contributed by atoms with van der Waals surface area (Å²) in [4.78, 5) is 67.0. The van der Waals surface area contributed by atoms with Crippen LogP contribution >= 0.6 is 0 Å². The zero-order valence-corrected chi connectivity index (χ0v) is 21.6. The van der Waals surface area contributed by atoms with E-state index in [1.165, 1.54) is 4.90 Å². The van der Waals surface area contributed by atoms with Gasteiger partial charge in [-0.3, -0.25) is 19.2 Å². The summed E-state index contributed by atoms with van der Waals surface area (Å²) in [5.41, 5.74) is 12.9. The Morgan fingerprint density at radius 3 is 2.50 bits per heavy atom. The molecular formula is C26H36N6O6. The SMILES string of the molecule is CC(C)CC(N)C(=O)NC(Cc1c[nH]c2ccccc12)C(=O)N1CCCC1C(=O)NC(CC(N)=O)C(=O)O. The van der Waals surface area contributed by atoms with E-state index in [1.54, 1.807) is 6.20 Å². The fraction of sp³-hybridized carbons (Fsp3) is 0.500. The smallest absolute Gasteiger partial charge is 0.326 e. The Hall–Kier alpha value is -3.93. The van der Waals surface area contributed by atoms with Gasteiger partial charge in [0.25, 0.3) is 0 Å². The summed E-state index contributed by atoms with van der Waals surface area (Å²) in [5.74, 6) is -3.75. The Labute approximate surface area is 220 Å². The lowest BCUT2D eigenvalue weighted by molar-refractivity contribution is -0.145. The van der Waals surface area contributed by atoms with Gasteiger partial charge in [-0.1, -0.05) is 32.0 Å². The minimum absolute atomic E-state index is 0.160. The number of fused-ring (bicyclic) bond motifs is 1. The standard InChI is InChI=1S/C26H36N6O6/c1-14(2)10-17(27)23(34)30-19(11-15-13-29-18-7-4-3-6-16(15)18)25(36)32-9-5-8-21(32)24(35)31-20(26(37)38)12-22(28)33/h3-4,6-7,13-14,17,19-21,29H,5,8-12,27H2,1-2H3,(H2,28,33)(H,30,34)(H,31,35)(H,37,38). The number of carbonyl (C=O) groups is 5. The number of H-pyrrole nitrogens is 1. The van der Waals surface area contributed by atoms with Gasteiger partial charge in [-0.15, -0.1) is 0 Å². The first kappa shape index (κ1) is 28.6. The van der Waals surface area contributed by atoms with Crippen LogP contribution in [0.15, 0.2) is 30.5 Å². The van der Waals surface area contributed by atoms with Gasteiger partial charge in [-0.2, -0.15) is 0 Å². The molecule has 1 saturated heterocycles. The van der Waals surface area contributed by atoms with Crippen molar-refractivity contribution in [2.45, 2.75) is 70.1 Å². The van der Waals surface area contributed by atoms with Gasteiger partial charge < -0.3 is 37.1 Å². The Balaban J connectivity index is 1.84. The van der Waals surface area contributed by atoms with Gasteiger partial charge in [0.05, 0.1) is 12.5 Å². The van der Waals surface area contributed by atoms with Crippen molar-refractivity contribution in [3.05, 3.63) is 36.0 Å². The summed E-state index contributed by atoms with van der Waals surface area (Å²) in [5, 5.41) is 15.4. The number of hydrogen-bond acceptors (Lipinski definition) is 6. The number of primary amides is 1. The van der Waals surface area contributed by atoms with Crippen molar-refractivity contribution in [2.75, 3.05) is 6.54 Å². The number of aromatic nitrogens is 1. The van der Waals surface area contributed by atoms with Crippen molar-refractivity contribution >= 4 is 40.5 Å². The molecule has 8 N–H and O–H groups in total. The normalized spacial score (nSPS) is 17.7. The molecule has 3 rings (SSSR count). The number of hydrogen-bond donors (Lipinski definition) is 6. The molecule has 1 aromatic heterocycles. The molecule has 2 aromatic rings. The number of benzene rings is 1. The lowest BCUT2D eigenvalue weighted by Gasteiger charge is -2.30. The Morgan fingerprint density at radius 1 is 1.13 bits per heavy atom. The van der Waals surface area contributed by atoms with Crippen LogP contribution in [0.2, 0.25) is 0 Å². The summed E-state index contributed by atoms with van der Waals surface area (Å²) in [6.45, 7) is 4.14. The molecule has 12 heteroatoms. The number of amides is 4. The van der Waals surface area contributed by atoms with Crippen LogP contribution < -0.4 is 22.1 Å². The molecular weight excluding hydrogens is 492 g/mol. The number of aromatic amines is 1. The lowest BCUT2D eigenvalue weighted by Crippen LogP contribution is -2.57. The van der Waals surface area contributed by atoms with E-state index in [0.717, 1.165) is 16.5 Å². The highest BCUT2D eigenvalue weighted by Crippen LogP contribution is 2.23. The van der Waals surface area contributed by atoms with Crippen LogP contribution in [0.4, 0.5) is 0 Å². The first-order valence-electron chi connectivity index (χ1n) is 12.7. The van der Waals surface area contributed by atoms with E-state index in [0.29, 0.717) is 19.3 Å². The van der Waals surface area contributed by atoms with Crippen molar-refractivity contribution in [1.29, 1.82) is 0 Å². The number of aliphatic carboxylic acids is 1. The van der Waals surface area contributed by atoms with E-state index >= 15 is 0 Å². The minimum atomic E-state index is -1.51. The Morgan fingerprint density at radius 2 is 1.84 bits per heavy atom. The number of para-hydroxylation sites is 1. The molecule has 0 aliphatic carbocycles. The van der Waals surface area contributed by atoms with Gasteiger partial charge in [0.1, 0.15) is 18.1 Å². The number of nitrogens with one attached hydrogen (secondary N) is 3. The number of nitrogens with zero attached hydrogens (tertiary/aromatic N) is 1. The fourth-order valence-electron chi connectivity index (χ4n) is 4.79. The minimum Gasteiger partial charge on any atom is -0.480 e. The second-order valence-corrected chi connectivity index (χ2v) is 10.1. The molecule has 12 nitrogen and oxygen atoms in total. The number of likely N-dealkylation sites (tertiary alicyclic amines) is 1. The summed E-state index contributed by atoms with van der Waals surface area (Å²) in [6, 6.07) is 3.29. The van der Waals surface area contributed by atoms with Crippen LogP contribution in [0, 0.1) is 5.92 Å². The largest absolute Gasteiger partial charge is 0.480 e. The number of carboxylic acids is 1. The quantitative estimate of drug-likeness (QED) is 0.222. The topological polar surface area (TPSA) is 201 Å². The van der Waals surface area contributed by atoms with E-state index in [2.05, 4.69) is 15.6 Å². The highest BCUT2D eigenvalue weighted by atomic mass is 16.4. The maximum absolute atomic E-state index is 13.8. The molecule has 1 aliphatic heterocycles. The summed E-state index contributed by atoms with van der Waals surface area (Å²) in [7, 11) is 0. The highest BCUT2D eigenvalue weighted by molar-refractivity contribution is 5.96. The molecule has 1 aliphatic rings. The number of rotatable bonds is 12. The summed E-state index contributed by atoms with van der Waals surface area (Å²) in [6.07, 6.45) is 2.62. The molecule has 4 amide bonds. The van der Waals surface area contributed by atoms with E-state index in [-0.39, 0.29) is 18.9 Å². The number of carboxylic acid groups (broad SMARTS) is 1. The van der Waals surface area contributed by atoms with Gasteiger partial charge in [0, 0.05) is 30.1 Å². The second kappa shape index (κ2) is 12.5. The maximum atomic E-state index is 13.8. The van der Waals surface area contributed by atoms with E-state index in [4.69, 9.17) is 11.5 Å². The fourth-order valence-corrected chi connectivity index (χ4v) is 4.79. The van der Waals surface area contributed by atoms with Crippen LogP contribution in [0.3, 0.4) is 0 Å². The lowest BCUT2D eigenvalue weighted by atomic mass is 10.0. The molecule has 38 heavy (non-hydrogen) atoms. The van der Waals surface area contributed by atoms with E-state index in [1.807, 2.05) is 38.1 Å². The number of carbonyl (C=O) groups excluding carboxylic acids is 4. The summed E-state index contributed by atoms with van der Waals surface area (Å²) >= 11 is 0. The summed E-state index contributed by atoms with van der Waals surface area (Å²) < 4.78 is 0. The van der Waals surface area contributed by atoms with Crippen LogP contribution in [-0.2, 0) is 30.4 Å². The molecule has 1 fully saturated rings. The monoisotopic (exact) mass is 528 g/mol. The average Bonchev–Trinajstić information content (AvgIpc) is 3.49. The molecule has 206 valence electrons. The van der Waals surface area contributed by atoms with Gasteiger partial charge in [0.15, 0.2) is 0 Å². The van der Waals surface area contributed by atoms with Crippen LogP contribution in [0.1, 0.15) is 45.1 Å². The van der Waals surface area contributed by atoms with Crippen LogP contribution in [-0.4, -0.2) is 75.3 Å². The van der Waals surface area contributed by atoms with Gasteiger partial charge in [-0.05, 0) is 36.8 Å². The third-order valence-electron chi connectivity index (χ3n) is 6.63. The van der Waals surface area contributed by atoms with Crippen molar-refractivity contribution in [2.24, 2.45) is 17.4 Å². The van der Waals surface area contributed by atoms with Gasteiger partial charge >= 0.3 is 5.97 Å². The third kappa shape index (κ3) is 7.09. The van der Waals surface area contributed by atoms with E-state index < -0.39 is 60.2 Å². The maximum Gasteiger partial charge on any atom is 0.326 e. The Bertz CT molecular complexity index is 1190. The van der Waals surface area contributed by atoms with Crippen molar-refractivity contribution in [3.8, 4) is 0 Å². The number of nitrogens with two attached hydrogens (primary N) is 2.